The van der Waals surface area contributed by atoms with Crippen LogP contribution < -0.4 is 19.6 Å². The third-order valence-corrected chi connectivity index (χ3v) is 4.45. The fourth-order valence-corrected chi connectivity index (χ4v) is 2.85. The van der Waals surface area contributed by atoms with Gasteiger partial charge >= 0.3 is 0 Å². The van der Waals surface area contributed by atoms with Gasteiger partial charge in [-0.3, -0.25) is 4.79 Å². The Morgan fingerprint density at radius 3 is 2.43 bits per heavy atom. The van der Waals surface area contributed by atoms with Crippen LogP contribution in [0.3, 0.4) is 0 Å². The SMILES string of the molecule is COc1ccc(/C=N/NC(=O)c2ccccc2OC)cc1COc1ccc(C)cc1. The van der Waals surface area contributed by atoms with Gasteiger partial charge in [0.15, 0.2) is 0 Å². The van der Waals surface area contributed by atoms with Crippen LogP contribution in [0, 0.1) is 6.92 Å². The van der Waals surface area contributed by atoms with Crippen molar-refractivity contribution in [3.63, 3.8) is 0 Å². The first-order valence-corrected chi connectivity index (χ1v) is 9.43. The Morgan fingerprint density at radius 2 is 1.70 bits per heavy atom. The van der Waals surface area contributed by atoms with Gasteiger partial charge in [-0.2, -0.15) is 5.10 Å². The van der Waals surface area contributed by atoms with Gasteiger partial charge < -0.3 is 14.2 Å². The van der Waals surface area contributed by atoms with Gasteiger partial charge in [-0.25, -0.2) is 5.43 Å². The van der Waals surface area contributed by atoms with Gasteiger partial charge in [0.25, 0.3) is 5.91 Å². The molecule has 0 bridgehead atoms. The number of hydrazone groups is 1. The standard InChI is InChI=1S/C24H24N2O4/c1-17-8-11-20(12-9-17)30-16-19-14-18(10-13-22(19)28-2)15-25-26-24(27)21-6-4-5-7-23(21)29-3/h4-15H,16H2,1-3H3,(H,26,27)/b25-15+. The highest BCUT2D eigenvalue weighted by Gasteiger charge is 2.10. The summed E-state index contributed by atoms with van der Waals surface area (Å²) in [7, 11) is 3.14. The van der Waals surface area contributed by atoms with Crippen LogP contribution in [0.1, 0.15) is 27.0 Å². The average Bonchev–Trinajstić information content (AvgIpc) is 2.78. The quantitative estimate of drug-likeness (QED) is 0.448. The van der Waals surface area contributed by atoms with E-state index in [9.17, 15) is 4.79 Å². The fourth-order valence-electron chi connectivity index (χ4n) is 2.85. The van der Waals surface area contributed by atoms with Crippen molar-refractivity contribution >= 4 is 12.1 Å². The molecule has 0 aliphatic rings. The number of amides is 1. The molecule has 1 amide bonds. The second-order valence-corrected chi connectivity index (χ2v) is 6.57. The van der Waals surface area contributed by atoms with Crippen molar-refractivity contribution in [1.29, 1.82) is 0 Å². The van der Waals surface area contributed by atoms with Crippen LogP contribution in [0.5, 0.6) is 17.2 Å². The van der Waals surface area contributed by atoms with Gasteiger partial charge in [0.2, 0.25) is 0 Å². The van der Waals surface area contributed by atoms with Crippen LogP contribution in [-0.4, -0.2) is 26.3 Å². The molecule has 6 nitrogen and oxygen atoms in total. The molecule has 6 heteroatoms. The smallest absolute Gasteiger partial charge is 0.275 e. The molecule has 0 heterocycles. The Balaban J connectivity index is 1.67. The van der Waals surface area contributed by atoms with E-state index < -0.39 is 0 Å². The molecule has 0 aliphatic heterocycles. The summed E-state index contributed by atoms with van der Waals surface area (Å²) in [4.78, 5) is 12.3. The molecule has 1 N–H and O–H groups in total. The number of carbonyl (C=O) groups excluding carboxylic acids is 1. The number of nitrogens with one attached hydrogen (secondary N) is 1. The lowest BCUT2D eigenvalue weighted by Crippen LogP contribution is -2.18. The number of methoxy groups -OCH3 is 2. The highest BCUT2D eigenvalue weighted by Crippen LogP contribution is 2.22. The summed E-state index contributed by atoms with van der Waals surface area (Å²) >= 11 is 0. The number of aryl methyl sites for hydroxylation is 1. The van der Waals surface area contributed by atoms with Crippen molar-refractivity contribution in [3.8, 4) is 17.2 Å². The van der Waals surface area contributed by atoms with Gasteiger partial charge in [0.1, 0.15) is 23.9 Å². The Hall–Kier alpha value is -3.80. The largest absolute Gasteiger partial charge is 0.496 e. The Morgan fingerprint density at radius 1 is 0.967 bits per heavy atom. The average molecular weight is 404 g/mol. The zero-order valence-electron chi connectivity index (χ0n) is 17.2. The summed E-state index contributed by atoms with van der Waals surface area (Å²) in [6.07, 6.45) is 1.57. The molecule has 0 spiro atoms. The van der Waals surface area contributed by atoms with E-state index >= 15 is 0 Å². The Kier molecular flexibility index (Phi) is 7.05. The fraction of sp³-hybridized carbons (Fsp3) is 0.167. The lowest BCUT2D eigenvalue weighted by molar-refractivity contribution is 0.0952. The first-order chi connectivity index (χ1) is 14.6. The number of carbonyl (C=O) groups is 1. The van der Waals surface area contributed by atoms with E-state index in [0.717, 1.165) is 22.6 Å². The maximum atomic E-state index is 12.3. The monoisotopic (exact) mass is 404 g/mol. The summed E-state index contributed by atoms with van der Waals surface area (Å²) < 4.78 is 16.5. The van der Waals surface area contributed by atoms with Crippen molar-refractivity contribution in [2.24, 2.45) is 5.10 Å². The molecule has 0 aromatic heterocycles. The maximum Gasteiger partial charge on any atom is 0.275 e. The molecule has 30 heavy (non-hydrogen) atoms. The molecule has 0 atom stereocenters. The van der Waals surface area contributed by atoms with E-state index in [4.69, 9.17) is 14.2 Å². The van der Waals surface area contributed by atoms with Crippen LogP contribution in [0.4, 0.5) is 0 Å². The highest BCUT2D eigenvalue weighted by molar-refractivity contribution is 5.97. The molecule has 0 fully saturated rings. The summed E-state index contributed by atoms with van der Waals surface area (Å²) in [5.74, 6) is 1.65. The van der Waals surface area contributed by atoms with Gasteiger partial charge in [0, 0.05) is 5.56 Å². The second kappa shape index (κ2) is 10.1. The minimum absolute atomic E-state index is 0.347. The number of nitrogens with zero attached hydrogens (tertiary/aromatic N) is 1. The predicted octanol–water partition coefficient (Wildman–Crippen LogP) is 4.36. The second-order valence-electron chi connectivity index (χ2n) is 6.57. The predicted molar refractivity (Wildman–Crippen MR) is 117 cm³/mol. The van der Waals surface area contributed by atoms with E-state index in [1.807, 2.05) is 49.4 Å². The van der Waals surface area contributed by atoms with Crippen LogP contribution in [0.25, 0.3) is 0 Å². The lowest BCUT2D eigenvalue weighted by Gasteiger charge is -2.11. The zero-order valence-corrected chi connectivity index (χ0v) is 17.2. The van der Waals surface area contributed by atoms with E-state index in [1.165, 1.54) is 12.7 Å². The first-order valence-electron chi connectivity index (χ1n) is 9.43. The molecule has 154 valence electrons. The zero-order chi connectivity index (χ0) is 21.3. The van der Waals surface area contributed by atoms with Gasteiger partial charge in [-0.15, -0.1) is 0 Å². The molecular formula is C24H24N2O4. The molecular weight excluding hydrogens is 380 g/mol. The van der Waals surface area contributed by atoms with Gasteiger partial charge in [0.05, 0.1) is 26.0 Å². The third kappa shape index (κ3) is 5.38. The Bertz CT molecular complexity index is 1030. The van der Waals surface area contributed by atoms with Crippen LogP contribution >= 0.6 is 0 Å². The van der Waals surface area contributed by atoms with Gasteiger partial charge in [-0.05, 0) is 55.0 Å². The molecule has 3 rings (SSSR count). The van der Waals surface area contributed by atoms with Crippen molar-refractivity contribution in [2.45, 2.75) is 13.5 Å². The Labute approximate surface area is 176 Å². The van der Waals surface area contributed by atoms with Gasteiger partial charge in [-0.1, -0.05) is 29.8 Å². The number of hydrogen-bond acceptors (Lipinski definition) is 5. The molecule has 0 aliphatic carbocycles. The molecule has 0 saturated heterocycles. The van der Waals surface area contributed by atoms with Crippen molar-refractivity contribution in [1.82, 2.24) is 5.43 Å². The number of para-hydroxylation sites is 1. The maximum absolute atomic E-state index is 12.3. The van der Waals surface area contributed by atoms with E-state index in [2.05, 4.69) is 10.5 Å². The topological polar surface area (TPSA) is 69.2 Å². The number of ether oxygens (including phenoxy) is 3. The van der Waals surface area contributed by atoms with Crippen molar-refractivity contribution < 1.29 is 19.0 Å². The highest BCUT2D eigenvalue weighted by atomic mass is 16.5. The summed E-state index contributed by atoms with van der Waals surface area (Å²) in [6.45, 7) is 2.38. The van der Waals surface area contributed by atoms with Crippen molar-refractivity contribution in [3.05, 3.63) is 89.0 Å². The molecule has 0 saturated carbocycles. The number of benzene rings is 3. The van der Waals surface area contributed by atoms with Crippen LogP contribution in [0.2, 0.25) is 0 Å². The number of hydrogen-bond donors (Lipinski definition) is 1. The molecule has 3 aromatic carbocycles. The van der Waals surface area contributed by atoms with E-state index in [0.29, 0.717) is 17.9 Å². The normalized spacial score (nSPS) is 10.6. The summed E-state index contributed by atoms with van der Waals surface area (Å²) in [5, 5.41) is 4.06. The van der Waals surface area contributed by atoms with E-state index in [1.54, 1.807) is 37.6 Å². The van der Waals surface area contributed by atoms with Crippen molar-refractivity contribution in [2.75, 3.05) is 14.2 Å². The lowest BCUT2D eigenvalue weighted by atomic mass is 10.1. The van der Waals surface area contributed by atoms with E-state index in [-0.39, 0.29) is 5.91 Å². The molecule has 0 unspecified atom stereocenters. The summed E-state index contributed by atoms with van der Waals surface area (Å²) in [6, 6.07) is 20.4. The minimum Gasteiger partial charge on any atom is -0.496 e. The molecule has 3 aromatic rings. The minimum atomic E-state index is -0.347. The van der Waals surface area contributed by atoms with Crippen LogP contribution in [0.15, 0.2) is 71.8 Å². The molecule has 0 radical (unpaired) electrons. The van der Waals surface area contributed by atoms with Crippen LogP contribution in [-0.2, 0) is 6.61 Å². The third-order valence-electron chi connectivity index (χ3n) is 4.45. The number of rotatable bonds is 8. The first kappa shape index (κ1) is 20.9. The summed E-state index contributed by atoms with van der Waals surface area (Å²) in [5.41, 5.74) is 5.79.